The quantitative estimate of drug-likeness (QED) is 0.925. The lowest BCUT2D eigenvalue weighted by Gasteiger charge is -2.18. The van der Waals surface area contributed by atoms with Crippen LogP contribution in [0.15, 0.2) is 29.0 Å². The molecule has 0 fully saturated rings. The van der Waals surface area contributed by atoms with Crippen molar-refractivity contribution in [3.63, 3.8) is 0 Å². The van der Waals surface area contributed by atoms with Crippen LogP contribution in [0.2, 0.25) is 0 Å². The van der Waals surface area contributed by atoms with E-state index in [-0.39, 0.29) is 17.4 Å². The molecule has 0 bridgehead atoms. The van der Waals surface area contributed by atoms with E-state index in [4.69, 9.17) is 5.26 Å². The number of halogens is 1. The highest BCUT2D eigenvalue weighted by Gasteiger charge is 2.17. The zero-order chi connectivity index (χ0) is 15.4. The highest BCUT2D eigenvalue weighted by Crippen LogP contribution is 2.27. The zero-order valence-electron chi connectivity index (χ0n) is 11.8. The molecule has 0 radical (unpaired) electrons. The van der Waals surface area contributed by atoms with E-state index in [0.29, 0.717) is 0 Å². The Morgan fingerprint density at radius 3 is 2.76 bits per heavy atom. The predicted molar refractivity (Wildman–Crippen MR) is 82.8 cm³/mol. The largest absolute Gasteiger partial charge is 0.310 e. The number of aromatic nitrogens is 2. The zero-order valence-corrected chi connectivity index (χ0v) is 13.3. The Morgan fingerprint density at radius 2 is 2.14 bits per heavy atom. The van der Waals surface area contributed by atoms with Gasteiger partial charge in [-0.05, 0) is 37.2 Å². The van der Waals surface area contributed by atoms with Crippen LogP contribution in [0.3, 0.4) is 0 Å². The van der Waals surface area contributed by atoms with E-state index in [0.717, 1.165) is 22.3 Å². The van der Waals surface area contributed by atoms with Crippen molar-refractivity contribution in [2.24, 2.45) is 0 Å². The summed E-state index contributed by atoms with van der Waals surface area (Å²) in [7, 11) is 0. The summed E-state index contributed by atoms with van der Waals surface area (Å²) in [5.41, 5.74) is 2.27. The van der Waals surface area contributed by atoms with E-state index in [1.54, 1.807) is 4.57 Å². The van der Waals surface area contributed by atoms with E-state index in [2.05, 4.69) is 39.2 Å². The Kier molecular flexibility index (Phi) is 4.74. The topological polar surface area (TPSA) is 77.4 Å². The molecule has 0 spiro atoms. The fourth-order valence-corrected chi connectivity index (χ4v) is 2.61. The molecule has 1 aromatic heterocycles. The summed E-state index contributed by atoms with van der Waals surface area (Å²) in [4.78, 5) is 4.00. The first-order valence-corrected chi connectivity index (χ1v) is 7.32. The highest BCUT2D eigenvalue weighted by atomic mass is 79.9. The number of imidazole rings is 1. The lowest BCUT2D eigenvalue weighted by molar-refractivity contribution is 0.595. The van der Waals surface area contributed by atoms with E-state index < -0.39 is 0 Å². The van der Waals surface area contributed by atoms with Gasteiger partial charge in [0.05, 0.1) is 5.69 Å². The molecule has 1 heterocycles. The maximum absolute atomic E-state index is 9.28. The molecular formula is C15H14BrN5. The summed E-state index contributed by atoms with van der Waals surface area (Å²) in [5, 5.41) is 21.7. The van der Waals surface area contributed by atoms with Crippen LogP contribution in [0.25, 0.3) is 5.69 Å². The molecule has 1 N–H and O–H groups in total. The molecule has 5 nitrogen and oxygen atoms in total. The third-order valence-electron chi connectivity index (χ3n) is 3.21. The van der Waals surface area contributed by atoms with Crippen molar-refractivity contribution in [1.82, 2.24) is 14.9 Å². The second-order valence-corrected chi connectivity index (χ2v) is 5.43. The number of rotatable bonds is 4. The van der Waals surface area contributed by atoms with Crippen LogP contribution in [0.1, 0.15) is 36.8 Å². The lowest BCUT2D eigenvalue weighted by Crippen LogP contribution is -2.19. The summed E-state index contributed by atoms with van der Waals surface area (Å²) < 4.78 is 2.62. The van der Waals surface area contributed by atoms with Crippen molar-refractivity contribution < 1.29 is 0 Å². The summed E-state index contributed by atoms with van der Waals surface area (Å²) in [6, 6.07) is 9.94. The predicted octanol–water partition coefficient (Wildman–Crippen LogP) is 3.05. The molecular weight excluding hydrogens is 330 g/mol. The van der Waals surface area contributed by atoms with Crippen LogP contribution < -0.4 is 5.32 Å². The normalized spacial score (nSPS) is 11.7. The Hall–Kier alpha value is -2.15. The molecule has 0 aliphatic carbocycles. The number of hydrogen-bond donors (Lipinski definition) is 1. The van der Waals surface area contributed by atoms with Crippen molar-refractivity contribution in [2.45, 2.75) is 19.9 Å². The molecule has 0 aliphatic heterocycles. The van der Waals surface area contributed by atoms with Gasteiger partial charge >= 0.3 is 0 Å². The van der Waals surface area contributed by atoms with Gasteiger partial charge in [-0.2, -0.15) is 10.5 Å². The van der Waals surface area contributed by atoms with Gasteiger partial charge in [0, 0.05) is 10.5 Å². The first kappa shape index (κ1) is 15.2. The second kappa shape index (κ2) is 6.53. The van der Waals surface area contributed by atoms with Crippen LogP contribution >= 0.6 is 15.9 Å². The van der Waals surface area contributed by atoms with Gasteiger partial charge in [0.2, 0.25) is 0 Å². The first-order chi connectivity index (χ1) is 10.1. The number of hydrogen-bond acceptors (Lipinski definition) is 4. The monoisotopic (exact) mass is 343 g/mol. The summed E-state index contributed by atoms with van der Waals surface area (Å²) in [6.07, 6.45) is 1.52. The van der Waals surface area contributed by atoms with Crippen molar-refractivity contribution in [1.29, 1.82) is 10.5 Å². The molecule has 21 heavy (non-hydrogen) atoms. The van der Waals surface area contributed by atoms with Crippen molar-refractivity contribution in [3.05, 3.63) is 46.0 Å². The smallest absolute Gasteiger partial charge is 0.177 e. The van der Waals surface area contributed by atoms with Gasteiger partial charge in [0.15, 0.2) is 11.4 Å². The van der Waals surface area contributed by atoms with Crippen LogP contribution in [-0.2, 0) is 0 Å². The molecule has 0 aliphatic rings. The molecule has 6 heteroatoms. The Labute approximate surface area is 132 Å². The van der Waals surface area contributed by atoms with Gasteiger partial charge < -0.3 is 5.32 Å². The molecule has 1 unspecified atom stereocenters. The minimum Gasteiger partial charge on any atom is -0.310 e. The number of benzene rings is 1. The van der Waals surface area contributed by atoms with Crippen LogP contribution in [0.5, 0.6) is 0 Å². The number of nitriles is 2. The van der Waals surface area contributed by atoms with E-state index in [9.17, 15) is 5.26 Å². The Morgan fingerprint density at radius 1 is 1.38 bits per heavy atom. The summed E-state index contributed by atoms with van der Waals surface area (Å²) >= 11 is 3.47. The third kappa shape index (κ3) is 2.97. The highest BCUT2D eigenvalue weighted by molar-refractivity contribution is 9.10. The van der Waals surface area contributed by atoms with E-state index >= 15 is 0 Å². The van der Waals surface area contributed by atoms with Gasteiger partial charge in [0.1, 0.15) is 18.5 Å². The molecule has 0 amide bonds. The Bertz CT molecular complexity index is 735. The van der Waals surface area contributed by atoms with Crippen LogP contribution in [0.4, 0.5) is 0 Å². The average molecular weight is 344 g/mol. The lowest BCUT2D eigenvalue weighted by atomic mass is 10.1. The van der Waals surface area contributed by atoms with E-state index in [1.165, 1.54) is 6.33 Å². The van der Waals surface area contributed by atoms with Crippen molar-refractivity contribution in [2.75, 3.05) is 6.54 Å². The maximum Gasteiger partial charge on any atom is 0.177 e. The molecule has 1 aromatic carbocycles. The molecule has 1 atom stereocenters. The molecule has 0 saturated heterocycles. The number of nitrogens with one attached hydrogen (secondary N) is 1. The molecule has 106 valence electrons. The van der Waals surface area contributed by atoms with Crippen LogP contribution in [0, 0.1) is 22.7 Å². The van der Waals surface area contributed by atoms with Gasteiger partial charge in [-0.15, -0.1) is 0 Å². The van der Waals surface area contributed by atoms with Gasteiger partial charge in [0.25, 0.3) is 0 Å². The standard InChI is InChI=1S/C15H14BrN5/c1-3-19-10(2)12-6-11(16)4-5-14(12)21-9-20-13(7-17)15(21)8-18/h4-6,9-10,19H,3H2,1-2H3. The summed E-state index contributed by atoms with van der Waals surface area (Å²) in [6.45, 7) is 4.94. The first-order valence-electron chi connectivity index (χ1n) is 6.53. The minimum atomic E-state index is 0.113. The maximum atomic E-state index is 9.28. The van der Waals surface area contributed by atoms with Crippen molar-refractivity contribution >= 4 is 15.9 Å². The van der Waals surface area contributed by atoms with Gasteiger partial charge in [-0.3, -0.25) is 4.57 Å². The van der Waals surface area contributed by atoms with Gasteiger partial charge in [-0.25, -0.2) is 4.98 Å². The SMILES string of the molecule is CCNC(C)c1cc(Br)ccc1-n1cnc(C#N)c1C#N. The fraction of sp³-hybridized carbons (Fsp3) is 0.267. The Balaban J connectivity index is 2.62. The fourth-order valence-electron chi connectivity index (χ4n) is 2.23. The van der Waals surface area contributed by atoms with Crippen molar-refractivity contribution in [3.8, 4) is 17.8 Å². The number of nitrogens with zero attached hydrogens (tertiary/aromatic N) is 4. The summed E-state index contributed by atoms with van der Waals surface area (Å²) in [5.74, 6) is 0. The second-order valence-electron chi connectivity index (χ2n) is 4.52. The van der Waals surface area contributed by atoms with Crippen LogP contribution in [-0.4, -0.2) is 16.1 Å². The third-order valence-corrected chi connectivity index (χ3v) is 3.70. The molecule has 0 saturated carbocycles. The average Bonchev–Trinajstić information content (AvgIpc) is 2.90. The molecule has 2 rings (SSSR count). The van der Waals surface area contributed by atoms with Gasteiger partial charge in [-0.1, -0.05) is 22.9 Å². The molecule has 2 aromatic rings. The van der Waals surface area contributed by atoms with E-state index in [1.807, 2.05) is 31.2 Å². The minimum absolute atomic E-state index is 0.113.